The minimum atomic E-state index is -3.84. The first-order valence-corrected chi connectivity index (χ1v) is 11.1. The Morgan fingerprint density at radius 2 is 1.79 bits per heavy atom. The largest absolute Gasteiger partial charge is 0.348 e. The van der Waals surface area contributed by atoms with Crippen molar-refractivity contribution in [1.29, 1.82) is 0 Å². The number of nitrogens with zero attached hydrogens (tertiary/aromatic N) is 1. The summed E-state index contributed by atoms with van der Waals surface area (Å²) in [5.41, 5.74) is 0.824. The fourth-order valence-corrected chi connectivity index (χ4v) is 4.47. The van der Waals surface area contributed by atoms with Crippen LogP contribution in [0.25, 0.3) is 0 Å². The molecule has 2 aromatic rings. The van der Waals surface area contributed by atoms with Gasteiger partial charge in [0, 0.05) is 5.02 Å². The molecule has 9 heteroatoms. The Labute approximate surface area is 174 Å². The van der Waals surface area contributed by atoms with Crippen LogP contribution in [-0.2, 0) is 14.8 Å². The van der Waals surface area contributed by atoms with Crippen LogP contribution >= 0.6 is 23.2 Å². The standard InChI is InChI=1S/C19H21Cl2FN2O3S/c1-4-17(19(25)23-12(2)13-5-8-15(22)9-6-13)24(28(3,26)27)18-11-14(20)7-10-16(18)21/h5-12,17H,4H2,1-3H3,(H,23,25). The van der Waals surface area contributed by atoms with Gasteiger partial charge in [-0.1, -0.05) is 42.3 Å². The molecule has 0 radical (unpaired) electrons. The van der Waals surface area contributed by atoms with Crippen LogP contribution in [0.15, 0.2) is 42.5 Å². The molecule has 2 aromatic carbocycles. The van der Waals surface area contributed by atoms with Crippen LogP contribution in [0.4, 0.5) is 10.1 Å². The third-order valence-corrected chi connectivity index (χ3v) is 5.92. The van der Waals surface area contributed by atoms with E-state index in [9.17, 15) is 17.6 Å². The minimum absolute atomic E-state index is 0.133. The Morgan fingerprint density at radius 3 is 2.32 bits per heavy atom. The average molecular weight is 447 g/mol. The second kappa shape index (κ2) is 9.11. The number of sulfonamides is 1. The van der Waals surface area contributed by atoms with Crippen LogP contribution in [0, 0.1) is 5.82 Å². The van der Waals surface area contributed by atoms with Gasteiger partial charge in [-0.15, -0.1) is 0 Å². The Balaban J connectivity index is 2.36. The molecule has 0 aliphatic heterocycles. The second-order valence-corrected chi connectivity index (χ2v) is 9.06. The predicted octanol–water partition coefficient (Wildman–Crippen LogP) is 4.55. The first kappa shape index (κ1) is 22.5. The number of carbonyl (C=O) groups is 1. The average Bonchev–Trinajstić information content (AvgIpc) is 2.61. The zero-order valence-corrected chi connectivity index (χ0v) is 17.9. The van der Waals surface area contributed by atoms with Gasteiger partial charge in [0.05, 0.1) is 23.0 Å². The lowest BCUT2D eigenvalue weighted by Gasteiger charge is -2.31. The van der Waals surface area contributed by atoms with Gasteiger partial charge in [-0.05, 0) is 49.2 Å². The maximum atomic E-state index is 13.1. The summed E-state index contributed by atoms with van der Waals surface area (Å²) in [6, 6.07) is 8.65. The number of carbonyl (C=O) groups excluding carboxylic acids is 1. The van der Waals surface area contributed by atoms with Crippen LogP contribution in [-0.4, -0.2) is 26.6 Å². The maximum absolute atomic E-state index is 13.1. The van der Waals surface area contributed by atoms with E-state index in [4.69, 9.17) is 23.2 Å². The summed E-state index contributed by atoms with van der Waals surface area (Å²) < 4.78 is 39.1. The van der Waals surface area contributed by atoms with Gasteiger partial charge in [0.1, 0.15) is 11.9 Å². The van der Waals surface area contributed by atoms with Crippen LogP contribution in [0.2, 0.25) is 10.0 Å². The minimum Gasteiger partial charge on any atom is -0.348 e. The molecular formula is C19H21Cl2FN2O3S. The zero-order chi connectivity index (χ0) is 21.1. The van der Waals surface area contributed by atoms with E-state index >= 15 is 0 Å². The molecule has 28 heavy (non-hydrogen) atoms. The van der Waals surface area contributed by atoms with E-state index in [0.717, 1.165) is 10.6 Å². The highest BCUT2D eigenvalue weighted by Crippen LogP contribution is 2.33. The number of amides is 1. The summed E-state index contributed by atoms with van der Waals surface area (Å²) in [5.74, 6) is -0.881. The van der Waals surface area contributed by atoms with Crippen molar-refractivity contribution in [2.45, 2.75) is 32.4 Å². The lowest BCUT2D eigenvalue weighted by atomic mass is 10.1. The first-order chi connectivity index (χ1) is 13.0. The van der Waals surface area contributed by atoms with Crippen molar-refractivity contribution in [3.8, 4) is 0 Å². The van der Waals surface area contributed by atoms with Crippen molar-refractivity contribution in [3.63, 3.8) is 0 Å². The highest BCUT2D eigenvalue weighted by Gasteiger charge is 2.33. The van der Waals surface area contributed by atoms with E-state index in [1.807, 2.05) is 0 Å². The molecule has 152 valence electrons. The number of rotatable bonds is 7. The molecule has 0 spiro atoms. The maximum Gasteiger partial charge on any atom is 0.244 e. The topological polar surface area (TPSA) is 66.5 Å². The van der Waals surface area contributed by atoms with Gasteiger partial charge in [-0.3, -0.25) is 9.10 Å². The lowest BCUT2D eigenvalue weighted by molar-refractivity contribution is -0.122. The summed E-state index contributed by atoms with van der Waals surface area (Å²) in [4.78, 5) is 12.9. The fraction of sp³-hybridized carbons (Fsp3) is 0.316. The molecule has 2 atom stereocenters. The molecule has 1 N–H and O–H groups in total. The molecular weight excluding hydrogens is 426 g/mol. The van der Waals surface area contributed by atoms with Crippen molar-refractivity contribution >= 4 is 44.8 Å². The molecule has 2 unspecified atom stereocenters. The smallest absolute Gasteiger partial charge is 0.244 e. The lowest BCUT2D eigenvalue weighted by Crippen LogP contribution is -2.49. The fourth-order valence-electron chi connectivity index (χ4n) is 2.83. The van der Waals surface area contributed by atoms with E-state index in [1.54, 1.807) is 26.0 Å². The van der Waals surface area contributed by atoms with Gasteiger partial charge in [0.25, 0.3) is 0 Å². The predicted molar refractivity (Wildman–Crippen MR) is 111 cm³/mol. The van der Waals surface area contributed by atoms with Gasteiger partial charge in [-0.2, -0.15) is 0 Å². The Hall–Kier alpha value is -1.83. The zero-order valence-electron chi connectivity index (χ0n) is 15.6. The SMILES string of the molecule is CCC(C(=O)NC(C)c1ccc(F)cc1)N(c1cc(Cl)ccc1Cl)S(C)(=O)=O. The van der Waals surface area contributed by atoms with Crippen LogP contribution in [0.5, 0.6) is 0 Å². The Bertz CT molecular complexity index is 952. The molecule has 5 nitrogen and oxygen atoms in total. The molecule has 0 aliphatic rings. The van der Waals surface area contributed by atoms with Gasteiger partial charge in [0.2, 0.25) is 15.9 Å². The Morgan fingerprint density at radius 1 is 1.18 bits per heavy atom. The number of halogens is 3. The van der Waals surface area contributed by atoms with E-state index in [1.165, 1.54) is 30.3 Å². The summed E-state index contributed by atoms with van der Waals surface area (Å²) in [7, 11) is -3.84. The number of nitrogens with one attached hydrogen (secondary N) is 1. The van der Waals surface area contributed by atoms with E-state index in [0.29, 0.717) is 10.6 Å². The molecule has 1 amide bonds. The van der Waals surface area contributed by atoms with E-state index in [2.05, 4.69) is 5.32 Å². The summed E-state index contributed by atoms with van der Waals surface area (Å²) >= 11 is 12.2. The third kappa shape index (κ3) is 5.37. The molecule has 0 saturated heterocycles. The monoisotopic (exact) mass is 446 g/mol. The molecule has 0 heterocycles. The third-order valence-electron chi connectivity index (χ3n) is 4.20. The van der Waals surface area contributed by atoms with Crippen molar-refractivity contribution < 1.29 is 17.6 Å². The van der Waals surface area contributed by atoms with E-state index in [-0.39, 0.29) is 22.9 Å². The van der Waals surface area contributed by atoms with Crippen LogP contribution < -0.4 is 9.62 Å². The molecule has 0 saturated carbocycles. The normalized spacial score (nSPS) is 13.6. The first-order valence-electron chi connectivity index (χ1n) is 8.55. The van der Waals surface area contributed by atoms with Crippen molar-refractivity contribution in [2.75, 3.05) is 10.6 Å². The summed E-state index contributed by atoms with van der Waals surface area (Å²) in [5, 5.41) is 3.23. The molecule has 0 aliphatic carbocycles. The highest BCUT2D eigenvalue weighted by molar-refractivity contribution is 7.92. The number of hydrogen-bond donors (Lipinski definition) is 1. The van der Waals surface area contributed by atoms with Crippen molar-refractivity contribution in [2.24, 2.45) is 0 Å². The second-order valence-electron chi connectivity index (χ2n) is 6.36. The van der Waals surface area contributed by atoms with Crippen molar-refractivity contribution in [3.05, 3.63) is 63.9 Å². The molecule has 0 aromatic heterocycles. The van der Waals surface area contributed by atoms with Gasteiger partial charge in [-0.25, -0.2) is 12.8 Å². The van der Waals surface area contributed by atoms with Crippen LogP contribution in [0.3, 0.4) is 0 Å². The van der Waals surface area contributed by atoms with Gasteiger partial charge >= 0.3 is 0 Å². The summed E-state index contributed by atoms with van der Waals surface area (Å²) in [6.07, 6.45) is 1.21. The Kier molecular flexibility index (Phi) is 7.31. The van der Waals surface area contributed by atoms with Gasteiger partial charge in [0.15, 0.2) is 0 Å². The molecule has 0 fully saturated rings. The van der Waals surface area contributed by atoms with Crippen LogP contribution in [0.1, 0.15) is 31.9 Å². The van der Waals surface area contributed by atoms with Crippen molar-refractivity contribution in [1.82, 2.24) is 5.32 Å². The number of benzene rings is 2. The summed E-state index contributed by atoms with van der Waals surface area (Å²) in [6.45, 7) is 3.43. The number of anilines is 1. The van der Waals surface area contributed by atoms with E-state index < -0.39 is 28.0 Å². The van der Waals surface area contributed by atoms with Gasteiger partial charge < -0.3 is 5.32 Å². The molecule has 2 rings (SSSR count). The highest BCUT2D eigenvalue weighted by atomic mass is 35.5. The quantitative estimate of drug-likeness (QED) is 0.677. The molecule has 0 bridgehead atoms. The number of hydrogen-bond acceptors (Lipinski definition) is 3.